The summed E-state index contributed by atoms with van der Waals surface area (Å²) in [6, 6.07) is 34.1. The van der Waals surface area contributed by atoms with Crippen molar-refractivity contribution in [3.8, 4) is 5.75 Å². The fraction of sp³-hybridized carbons (Fsp3) is 0.156. The van der Waals surface area contributed by atoms with Gasteiger partial charge < -0.3 is 14.8 Å². The van der Waals surface area contributed by atoms with Gasteiger partial charge in [0.25, 0.3) is 0 Å². The molecule has 0 aromatic heterocycles. The number of methoxy groups -OCH3 is 1. The molecule has 0 aliphatic carbocycles. The van der Waals surface area contributed by atoms with Gasteiger partial charge >= 0.3 is 5.97 Å². The molecule has 0 bridgehead atoms. The first kappa shape index (κ1) is 26.4. The highest BCUT2D eigenvalue weighted by Crippen LogP contribution is 2.28. The summed E-state index contributed by atoms with van der Waals surface area (Å²) in [4.78, 5) is 39.0. The molecule has 0 spiro atoms. The van der Waals surface area contributed by atoms with Crippen LogP contribution in [0.3, 0.4) is 0 Å². The van der Waals surface area contributed by atoms with Gasteiger partial charge in [0, 0.05) is 5.56 Å². The lowest BCUT2D eigenvalue weighted by molar-refractivity contribution is -0.143. The van der Waals surface area contributed by atoms with Gasteiger partial charge in [-0.3, -0.25) is 14.4 Å². The van der Waals surface area contributed by atoms with E-state index in [2.05, 4.69) is 5.32 Å². The van der Waals surface area contributed by atoms with Crippen molar-refractivity contribution in [2.45, 2.75) is 18.4 Å². The van der Waals surface area contributed by atoms with E-state index in [0.29, 0.717) is 16.9 Å². The van der Waals surface area contributed by atoms with Crippen molar-refractivity contribution in [3.63, 3.8) is 0 Å². The molecule has 6 nitrogen and oxygen atoms in total. The molecule has 0 radical (unpaired) electrons. The van der Waals surface area contributed by atoms with E-state index in [-0.39, 0.29) is 24.7 Å². The third-order valence-corrected chi connectivity index (χ3v) is 6.19. The molecule has 4 aromatic carbocycles. The van der Waals surface area contributed by atoms with Gasteiger partial charge in [-0.15, -0.1) is 0 Å². The minimum Gasteiger partial charge on any atom is -0.497 e. The van der Waals surface area contributed by atoms with Gasteiger partial charge in [0.1, 0.15) is 5.75 Å². The van der Waals surface area contributed by atoms with E-state index in [4.69, 9.17) is 9.47 Å². The molecule has 38 heavy (non-hydrogen) atoms. The van der Waals surface area contributed by atoms with E-state index >= 15 is 0 Å². The van der Waals surface area contributed by atoms with E-state index in [1.165, 1.54) is 0 Å². The monoisotopic (exact) mass is 507 g/mol. The summed E-state index contributed by atoms with van der Waals surface area (Å²) in [6.45, 7) is -0.372. The molecule has 192 valence electrons. The summed E-state index contributed by atoms with van der Waals surface area (Å²) < 4.78 is 10.6. The first-order valence-corrected chi connectivity index (χ1v) is 12.3. The Balaban J connectivity index is 1.54. The van der Waals surface area contributed by atoms with Crippen molar-refractivity contribution >= 4 is 17.7 Å². The molecule has 1 amide bonds. The van der Waals surface area contributed by atoms with E-state index < -0.39 is 17.9 Å². The Bertz CT molecular complexity index is 1300. The van der Waals surface area contributed by atoms with Gasteiger partial charge in [-0.2, -0.15) is 0 Å². The Labute approximate surface area is 222 Å². The minimum absolute atomic E-state index is 0.142. The van der Waals surface area contributed by atoms with Crippen molar-refractivity contribution < 1.29 is 23.9 Å². The number of amides is 1. The van der Waals surface area contributed by atoms with E-state index in [1.54, 1.807) is 55.6 Å². The molecule has 0 aliphatic rings. The standard InChI is InChI=1S/C32H29NO5/c1-37-27-19-17-23(18-20-27)28(21-30(35)38-22-29(34)24-11-5-2-6-12-24)33-32(36)31(25-13-7-3-8-14-25)26-15-9-4-10-16-26/h2-20,28,31H,21-22H2,1H3,(H,33,36)/t28-/m1/s1. The number of Topliss-reactive ketones (excluding diaryl/α,β-unsaturated/α-hetero) is 1. The fourth-order valence-corrected chi connectivity index (χ4v) is 4.21. The Morgan fingerprint density at radius 2 is 1.21 bits per heavy atom. The van der Waals surface area contributed by atoms with Crippen LogP contribution in [0.5, 0.6) is 5.75 Å². The van der Waals surface area contributed by atoms with Crippen LogP contribution in [0.1, 0.15) is 45.4 Å². The fourth-order valence-electron chi connectivity index (χ4n) is 4.21. The van der Waals surface area contributed by atoms with E-state index in [1.807, 2.05) is 66.7 Å². The summed E-state index contributed by atoms with van der Waals surface area (Å²) in [6.07, 6.45) is -0.142. The number of ether oxygens (including phenoxy) is 2. The second-order valence-corrected chi connectivity index (χ2v) is 8.74. The zero-order valence-electron chi connectivity index (χ0n) is 21.1. The Hall–Kier alpha value is -4.71. The first-order chi connectivity index (χ1) is 18.5. The third-order valence-electron chi connectivity index (χ3n) is 6.19. The van der Waals surface area contributed by atoms with Crippen LogP contribution in [0.25, 0.3) is 0 Å². The maximum atomic E-state index is 13.7. The van der Waals surface area contributed by atoms with E-state index in [0.717, 1.165) is 11.1 Å². The SMILES string of the molecule is COc1ccc([C@@H](CC(=O)OCC(=O)c2ccccc2)NC(=O)C(c2ccccc2)c2ccccc2)cc1. The van der Waals surface area contributed by atoms with Gasteiger partial charge in [-0.05, 0) is 28.8 Å². The normalized spacial score (nSPS) is 11.4. The van der Waals surface area contributed by atoms with Crippen LogP contribution in [0.2, 0.25) is 0 Å². The predicted octanol–water partition coefficient (Wildman–Crippen LogP) is 5.50. The molecule has 0 saturated heterocycles. The maximum absolute atomic E-state index is 13.7. The van der Waals surface area contributed by atoms with E-state index in [9.17, 15) is 14.4 Å². The van der Waals surface area contributed by atoms with Crippen molar-refractivity contribution in [2.24, 2.45) is 0 Å². The van der Waals surface area contributed by atoms with Crippen molar-refractivity contribution in [3.05, 3.63) is 138 Å². The Morgan fingerprint density at radius 3 is 1.74 bits per heavy atom. The lowest BCUT2D eigenvalue weighted by Crippen LogP contribution is -2.35. The number of nitrogens with one attached hydrogen (secondary N) is 1. The number of benzene rings is 4. The second-order valence-electron chi connectivity index (χ2n) is 8.74. The maximum Gasteiger partial charge on any atom is 0.308 e. The first-order valence-electron chi connectivity index (χ1n) is 12.3. The van der Waals surface area contributed by atoms with Crippen molar-refractivity contribution in [2.75, 3.05) is 13.7 Å². The molecule has 4 aromatic rings. The van der Waals surface area contributed by atoms with Crippen LogP contribution < -0.4 is 10.1 Å². The smallest absolute Gasteiger partial charge is 0.308 e. The number of esters is 1. The topological polar surface area (TPSA) is 81.7 Å². The van der Waals surface area contributed by atoms with Crippen molar-refractivity contribution in [1.82, 2.24) is 5.32 Å². The van der Waals surface area contributed by atoms with Crippen LogP contribution in [-0.2, 0) is 14.3 Å². The van der Waals surface area contributed by atoms with Crippen LogP contribution in [0.15, 0.2) is 115 Å². The molecule has 1 atom stereocenters. The number of carbonyl (C=O) groups excluding carboxylic acids is 3. The molecular weight excluding hydrogens is 478 g/mol. The van der Waals surface area contributed by atoms with Gasteiger partial charge in [-0.25, -0.2) is 0 Å². The number of carbonyl (C=O) groups is 3. The van der Waals surface area contributed by atoms with Crippen LogP contribution in [0, 0.1) is 0 Å². The summed E-state index contributed by atoms with van der Waals surface area (Å²) >= 11 is 0. The van der Waals surface area contributed by atoms with Crippen LogP contribution >= 0.6 is 0 Å². The molecule has 4 rings (SSSR count). The summed E-state index contributed by atoms with van der Waals surface area (Å²) in [5.41, 5.74) is 2.85. The average Bonchev–Trinajstić information content (AvgIpc) is 2.97. The molecular formula is C32H29NO5. The highest BCUT2D eigenvalue weighted by atomic mass is 16.5. The number of hydrogen-bond acceptors (Lipinski definition) is 5. The molecule has 6 heteroatoms. The van der Waals surface area contributed by atoms with Gasteiger partial charge in [0.15, 0.2) is 12.4 Å². The lowest BCUT2D eigenvalue weighted by atomic mass is 9.90. The van der Waals surface area contributed by atoms with Crippen LogP contribution in [0.4, 0.5) is 0 Å². The quantitative estimate of drug-likeness (QED) is 0.214. The van der Waals surface area contributed by atoms with Crippen LogP contribution in [-0.4, -0.2) is 31.4 Å². The minimum atomic E-state index is -0.678. The summed E-state index contributed by atoms with van der Waals surface area (Å²) in [5, 5.41) is 3.05. The zero-order chi connectivity index (χ0) is 26.7. The number of hydrogen-bond donors (Lipinski definition) is 1. The lowest BCUT2D eigenvalue weighted by Gasteiger charge is -2.23. The van der Waals surface area contributed by atoms with Gasteiger partial charge in [0.2, 0.25) is 5.91 Å². The highest BCUT2D eigenvalue weighted by molar-refractivity contribution is 5.98. The Kier molecular flexibility index (Phi) is 9.03. The molecule has 0 fully saturated rings. The summed E-state index contributed by atoms with van der Waals surface area (Å²) in [5.74, 6) is -1.06. The average molecular weight is 508 g/mol. The molecule has 0 heterocycles. The predicted molar refractivity (Wildman–Crippen MR) is 145 cm³/mol. The largest absolute Gasteiger partial charge is 0.497 e. The molecule has 0 unspecified atom stereocenters. The zero-order valence-corrected chi connectivity index (χ0v) is 21.1. The molecule has 0 aliphatic heterocycles. The molecule has 1 N–H and O–H groups in total. The van der Waals surface area contributed by atoms with Gasteiger partial charge in [0.05, 0.1) is 25.5 Å². The highest BCUT2D eigenvalue weighted by Gasteiger charge is 2.27. The number of ketones is 1. The van der Waals surface area contributed by atoms with Gasteiger partial charge in [-0.1, -0.05) is 103 Å². The van der Waals surface area contributed by atoms with Crippen molar-refractivity contribution in [1.29, 1.82) is 0 Å². The number of rotatable bonds is 11. The third kappa shape index (κ3) is 6.95. The second kappa shape index (κ2) is 13.0. The molecule has 0 saturated carbocycles. The Morgan fingerprint density at radius 1 is 0.684 bits per heavy atom. The summed E-state index contributed by atoms with van der Waals surface area (Å²) in [7, 11) is 1.57.